The Morgan fingerprint density at radius 3 is 3.04 bits per heavy atom. The Morgan fingerprint density at radius 1 is 1.54 bits per heavy atom. The van der Waals surface area contributed by atoms with Crippen molar-refractivity contribution in [1.29, 1.82) is 0 Å². The van der Waals surface area contributed by atoms with Crippen LogP contribution in [0.15, 0.2) is 18.2 Å². The van der Waals surface area contributed by atoms with Crippen molar-refractivity contribution in [2.45, 2.75) is 31.9 Å². The first-order valence-electron chi connectivity index (χ1n) is 8.18. The second-order valence-electron chi connectivity index (χ2n) is 5.79. The van der Waals surface area contributed by atoms with Gasteiger partial charge in [-0.2, -0.15) is 0 Å². The molecule has 7 heteroatoms. The zero-order chi connectivity index (χ0) is 17.4. The summed E-state index contributed by atoms with van der Waals surface area (Å²) in [6.45, 7) is 3.09. The van der Waals surface area contributed by atoms with Crippen LogP contribution in [0, 0.1) is 5.82 Å². The van der Waals surface area contributed by atoms with Gasteiger partial charge in [-0.05, 0) is 43.6 Å². The number of halogens is 2. The number of nitrogens with zero attached hydrogens (tertiary/aromatic N) is 1. The number of hydrogen-bond acceptors (Lipinski definition) is 3. The third-order valence-electron chi connectivity index (χ3n) is 3.95. The van der Waals surface area contributed by atoms with Crippen molar-refractivity contribution < 1.29 is 13.9 Å². The molecule has 1 aromatic carbocycles. The maximum Gasteiger partial charge on any atom is 0.169 e. The van der Waals surface area contributed by atoms with Gasteiger partial charge in [0.25, 0.3) is 0 Å². The third kappa shape index (κ3) is 5.84. The van der Waals surface area contributed by atoms with Crippen molar-refractivity contribution in [3.63, 3.8) is 0 Å². The van der Waals surface area contributed by atoms with Crippen molar-refractivity contribution in [3.8, 4) is 0 Å². The minimum absolute atomic E-state index is 0.120. The van der Waals surface area contributed by atoms with E-state index >= 15 is 0 Å². The fourth-order valence-electron chi connectivity index (χ4n) is 2.65. The maximum absolute atomic E-state index is 14.1. The Labute approximate surface area is 153 Å². The molecule has 4 nitrogen and oxygen atoms in total. The molecule has 2 rings (SSSR count). The Morgan fingerprint density at radius 2 is 2.38 bits per heavy atom. The van der Waals surface area contributed by atoms with Crippen LogP contribution in [0.4, 0.5) is 4.39 Å². The second-order valence-corrected chi connectivity index (χ2v) is 6.59. The highest BCUT2D eigenvalue weighted by Gasteiger charge is 2.22. The molecule has 24 heavy (non-hydrogen) atoms. The minimum atomic E-state index is -0.318. The van der Waals surface area contributed by atoms with E-state index in [0.717, 1.165) is 25.9 Å². The monoisotopic (exact) mass is 374 g/mol. The van der Waals surface area contributed by atoms with E-state index < -0.39 is 0 Å². The number of methoxy groups -OCH3 is 1. The SMILES string of the molecule is COCCCNC(=S)N(Cc1c(F)cccc1Cl)CC1CCCO1. The molecule has 1 atom stereocenters. The van der Waals surface area contributed by atoms with E-state index in [1.807, 2.05) is 4.90 Å². The molecule has 1 aliphatic heterocycles. The lowest BCUT2D eigenvalue weighted by molar-refractivity contribution is 0.0895. The highest BCUT2D eigenvalue weighted by Crippen LogP contribution is 2.22. The molecular formula is C17H24ClFN2O2S. The normalized spacial score (nSPS) is 17.0. The summed E-state index contributed by atoms with van der Waals surface area (Å²) in [5, 5.41) is 4.20. The molecule has 0 aromatic heterocycles. The number of ether oxygens (including phenoxy) is 2. The van der Waals surface area contributed by atoms with Crippen molar-refractivity contribution in [2.24, 2.45) is 0 Å². The lowest BCUT2D eigenvalue weighted by Gasteiger charge is -2.29. The van der Waals surface area contributed by atoms with Gasteiger partial charge >= 0.3 is 0 Å². The predicted molar refractivity (Wildman–Crippen MR) is 97.9 cm³/mol. The molecule has 1 fully saturated rings. The summed E-state index contributed by atoms with van der Waals surface area (Å²) in [6, 6.07) is 4.71. The number of hydrogen-bond donors (Lipinski definition) is 1. The molecule has 1 heterocycles. The first-order valence-corrected chi connectivity index (χ1v) is 8.96. The minimum Gasteiger partial charge on any atom is -0.385 e. The van der Waals surface area contributed by atoms with E-state index in [2.05, 4.69) is 5.32 Å². The molecular weight excluding hydrogens is 351 g/mol. The van der Waals surface area contributed by atoms with E-state index in [-0.39, 0.29) is 11.9 Å². The summed E-state index contributed by atoms with van der Waals surface area (Å²) in [5.41, 5.74) is 0.457. The van der Waals surface area contributed by atoms with Crippen LogP contribution >= 0.6 is 23.8 Å². The summed E-state index contributed by atoms with van der Waals surface area (Å²) in [5.74, 6) is -0.318. The molecule has 0 spiro atoms. The van der Waals surface area contributed by atoms with E-state index in [0.29, 0.717) is 41.9 Å². The van der Waals surface area contributed by atoms with Crippen molar-refractivity contribution in [3.05, 3.63) is 34.6 Å². The van der Waals surface area contributed by atoms with Gasteiger partial charge in [0.15, 0.2) is 5.11 Å². The van der Waals surface area contributed by atoms with Crippen LogP contribution in [0.25, 0.3) is 0 Å². The van der Waals surface area contributed by atoms with Gasteiger partial charge in [-0.25, -0.2) is 4.39 Å². The quantitative estimate of drug-likeness (QED) is 0.557. The number of rotatable bonds is 8. The van der Waals surface area contributed by atoms with Crippen LogP contribution in [-0.4, -0.2) is 49.5 Å². The Kier molecular flexibility index (Phi) is 8.18. The molecule has 1 aromatic rings. The number of benzene rings is 1. The average molecular weight is 375 g/mol. The van der Waals surface area contributed by atoms with Gasteiger partial charge < -0.3 is 19.7 Å². The highest BCUT2D eigenvalue weighted by atomic mass is 35.5. The molecule has 0 amide bonds. The van der Waals surface area contributed by atoms with Crippen molar-refractivity contribution in [1.82, 2.24) is 10.2 Å². The van der Waals surface area contributed by atoms with Crippen LogP contribution in [0.5, 0.6) is 0 Å². The summed E-state index contributed by atoms with van der Waals surface area (Å²) >= 11 is 11.7. The van der Waals surface area contributed by atoms with Crippen LogP contribution < -0.4 is 5.32 Å². The topological polar surface area (TPSA) is 33.7 Å². The van der Waals surface area contributed by atoms with Crippen LogP contribution in [0.2, 0.25) is 5.02 Å². The average Bonchev–Trinajstić information content (AvgIpc) is 3.07. The smallest absolute Gasteiger partial charge is 0.169 e. The lowest BCUT2D eigenvalue weighted by Crippen LogP contribution is -2.43. The summed E-state index contributed by atoms with van der Waals surface area (Å²) in [6.07, 6.45) is 3.01. The van der Waals surface area contributed by atoms with Crippen LogP contribution in [-0.2, 0) is 16.0 Å². The van der Waals surface area contributed by atoms with Crippen molar-refractivity contribution >= 4 is 28.9 Å². The highest BCUT2D eigenvalue weighted by molar-refractivity contribution is 7.80. The van der Waals surface area contributed by atoms with E-state index in [1.165, 1.54) is 6.07 Å². The van der Waals surface area contributed by atoms with Gasteiger partial charge in [-0.15, -0.1) is 0 Å². The largest absolute Gasteiger partial charge is 0.385 e. The number of thiocarbonyl (C=S) groups is 1. The Bertz CT molecular complexity index is 521. The van der Waals surface area contributed by atoms with Crippen LogP contribution in [0.1, 0.15) is 24.8 Å². The van der Waals surface area contributed by atoms with Crippen LogP contribution in [0.3, 0.4) is 0 Å². The van der Waals surface area contributed by atoms with E-state index in [1.54, 1.807) is 19.2 Å². The molecule has 134 valence electrons. The fourth-order valence-corrected chi connectivity index (χ4v) is 3.12. The fraction of sp³-hybridized carbons (Fsp3) is 0.588. The van der Waals surface area contributed by atoms with E-state index in [4.69, 9.17) is 33.3 Å². The first-order chi connectivity index (χ1) is 11.6. The Balaban J connectivity index is 2.02. The lowest BCUT2D eigenvalue weighted by atomic mass is 10.1. The molecule has 0 bridgehead atoms. The molecule has 0 aliphatic carbocycles. The van der Waals surface area contributed by atoms with Gasteiger partial charge in [-0.1, -0.05) is 17.7 Å². The molecule has 1 saturated heterocycles. The second kappa shape index (κ2) is 10.1. The Hall–Kier alpha value is -0.950. The first kappa shape index (κ1) is 19.4. The summed E-state index contributed by atoms with van der Waals surface area (Å²) in [4.78, 5) is 1.93. The van der Waals surface area contributed by atoms with Crippen molar-refractivity contribution in [2.75, 3.05) is 33.4 Å². The predicted octanol–water partition coefficient (Wildman–Crippen LogP) is 3.37. The molecule has 0 saturated carbocycles. The van der Waals surface area contributed by atoms with Gasteiger partial charge in [0.2, 0.25) is 0 Å². The van der Waals surface area contributed by atoms with Gasteiger partial charge in [0.05, 0.1) is 6.10 Å². The van der Waals surface area contributed by atoms with Gasteiger partial charge in [0.1, 0.15) is 5.82 Å². The molecule has 1 unspecified atom stereocenters. The standard InChI is InChI=1S/C17H24ClFN2O2S/c1-22-9-4-8-20-17(24)21(11-13-5-3-10-23-13)12-14-15(18)6-2-7-16(14)19/h2,6-7,13H,3-5,8-12H2,1H3,(H,20,24). The summed E-state index contributed by atoms with van der Waals surface area (Å²) < 4.78 is 24.9. The third-order valence-corrected chi connectivity index (χ3v) is 4.70. The van der Waals surface area contributed by atoms with Gasteiger partial charge in [0, 0.05) is 50.5 Å². The molecule has 1 aliphatic rings. The summed E-state index contributed by atoms with van der Waals surface area (Å²) in [7, 11) is 1.67. The van der Waals surface area contributed by atoms with E-state index in [9.17, 15) is 4.39 Å². The zero-order valence-corrected chi connectivity index (χ0v) is 15.5. The zero-order valence-electron chi connectivity index (χ0n) is 13.9. The maximum atomic E-state index is 14.1. The molecule has 1 N–H and O–H groups in total. The number of nitrogens with one attached hydrogen (secondary N) is 1. The molecule has 0 radical (unpaired) electrons. The van der Waals surface area contributed by atoms with Gasteiger partial charge in [-0.3, -0.25) is 0 Å².